The van der Waals surface area contributed by atoms with E-state index in [1.807, 2.05) is 66.2 Å². The summed E-state index contributed by atoms with van der Waals surface area (Å²) in [5.74, 6) is 1.60. The van der Waals surface area contributed by atoms with Crippen LogP contribution < -0.4 is 5.32 Å². The molecule has 0 aliphatic heterocycles. The second-order valence-corrected chi connectivity index (χ2v) is 6.54. The number of hydrogen-bond donors (Lipinski definition) is 1. The van der Waals surface area contributed by atoms with Crippen molar-refractivity contribution in [2.24, 2.45) is 4.99 Å². The third-order valence-electron chi connectivity index (χ3n) is 4.05. The zero-order chi connectivity index (χ0) is 19.1. The Morgan fingerprint density at radius 2 is 1.86 bits per heavy atom. The summed E-state index contributed by atoms with van der Waals surface area (Å²) >= 11 is 5.97. The van der Waals surface area contributed by atoms with Crippen molar-refractivity contribution < 1.29 is 0 Å². The maximum atomic E-state index is 5.97. The minimum atomic E-state index is 0. The van der Waals surface area contributed by atoms with E-state index in [2.05, 4.69) is 27.3 Å². The van der Waals surface area contributed by atoms with Gasteiger partial charge in [-0.25, -0.2) is 4.99 Å². The second kappa shape index (κ2) is 11.0. The van der Waals surface area contributed by atoms with Crippen molar-refractivity contribution in [3.8, 4) is 5.69 Å². The SMILES string of the molecule is CCNC(=NCc1nncn1-c1ccccc1)N(C)Cc1ccc(Cl)cc1.I. The Morgan fingerprint density at radius 1 is 1.14 bits per heavy atom. The number of para-hydroxylation sites is 1. The Morgan fingerprint density at radius 3 is 2.54 bits per heavy atom. The zero-order valence-electron chi connectivity index (χ0n) is 15.9. The Kier molecular flexibility index (Phi) is 8.72. The van der Waals surface area contributed by atoms with E-state index >= 15 is 0 Å². The normalized spacial score (nSPS) is 11.0. The zero-order valence-corrected chi connectivity index (χ0v) is 19.0. The molecule has 0 saturated heterocycles. The van der Waals surface area contributed by atoms with E-state index in [1.54, 1.807) is 6.33 Å². The van der Waals surface area contributed by atoms with Crippen molar-refractivity contribution >= 4 is 41.5 Å². The van der Waals surface area contributed by atoms with E-state index in [9.17, 15) is 0 Å². The summed E-state index contributed by atoms with van der Waals surface area (Å²) in [5.41, 5.74) is 2.19. The predicted octanol–water partition coefficient (Wildman–Crippen LogP) is 4.14. The van der Waals surface area contributed by atoms with Gasteiger partial charge in [-0.1, -0.05) is 41.9 Å². The third-order valence-corrected chi connectivity index (χ3v) is 4.30. The molecule has 3 aromatic rings. The molecule has 0 fully saturated rings. The molecule has 6 nitrogen and oxygen atoms in total. The lowest BCUT2D eigenvalue weighted by Crippen LogP contribution is -2.38. The van der Waals surface area contributed by atoms with E-state index in [0.717, 1.165) is 35.6 Å². The summed E-state index contributed by atoms with van der Waals surface area (Å²) in [6.45, 7) is 4.00. The Labute approximate surface area is 187 Å². The fourth-order valence-corrected chi connectivity index (χ4v) is 2.85. The summed E-state index contributed by atoms with van der Waals surface area (Å²) < 4.78 is 1.95. The van der Waals surface area contributed by atoms with Gasteiger partial charge in [0.05, 0.1) is 0 Å². The first-order valence-corrected chi connectivity index (χ1v) is 9.23. The molecule has 1 aromatic heterocycles. The number of guanidine groups is 1. The molecule has 0 amide bonds. The summed E-state index contributed by atoms with van der Waals surface area (Å²) in [5, 5.41) is 12.3. The van der Waals surface area contributed by atoms with Gasteiger partial charge in [0.25, 0.3) is 0 Å². The summed E-state index contributed by atoms with van der Waals surface area (Å²) in [6, 6.07) is 17.9. The van der Waals surface area contributed by atoms with Gasteiger partial charge >= 0.3 is 0 Å². The number of rotatable bonds is 6. The Balaban J connectivity index is 0.00000280. The smallest absolute Gasteiger partial charge is 0.194 e. The molecule has 1 N–H and O–H groups in total. The molecule has 0 radical (unpaired) electrons. The molecule has 0 aliphatic carbocycles. The van der Waals surface area contributed by atoms with Crippen LogP contribution in [-0.4, -0.2) is 39.2 Å². The first kappa shape index (κ1) is 22.2. The average Bonchev–Trinajstić information content (AvgIpc) is 3.16. The Bertz CT molecular complexity index is 879. The monoisotopic (exact) mass is 510 g/mol. The van der Waals surface area contributed by atoms with E-state index < -0.39 is 0 Å². The second-order valence-electron chi connectivity index (χ2n) is 6.11. The topological polar surface area (TPSA) is 58.3 Å². The number of halogens is 2. The van der Waals surface area contributed by atoms with E-state index in [-0.39, 0.29) is 24.0 Å². The van der Waals surface area contributed by atoms with Crippen molar-refractivity contribution in [3.63, 3.8) is 0 Å². The first-order chi connectivity index (χ1) is 13.2. The fourth-order valence-electron chi connectivity index (χ4n) is 2.72. The van der Waals surface area contributed by atoms with Gasteiger partial charge in [-0.2, -0.15) is 0 Å². The van der Waals surface area contributed by atoms with Crippen molar-refractivity contribution in [2.75, 3.05) is 13.6 Å². The first-order valence-electron chi connectivity index (χ1n) is 8.85. The van der Waals surface area contributed by atoms with Crippen LogP contribution in [0.2, 0.25) is 5.02 Å². The Hall–Kier alpha value is -2.13. The van der Waals surface area contributed by atoms with Crippen LogP contribution in [0.3, 0.4) is 0 Å². The molecule has 0 bridgehead atoms. The van der Waals surface area contributed by atoms with Crippen LogP contribution in [0.15, 0.2) is 65.9 Å². The van der Waals surface area contributed by atoms with Crippen LogP contribution in [0.5, 0.6) is 0 Å². The van der Waals surface area contributed by atoms with Gasteiger partial charge in [0.2, 0.25) is 0 Å². The molecule has 1 heterocycles. The summed E-state index contributed by atoms with van der Waals surface area (Å²) in [4.78, 5) is 6.82. The standard InChI is InChI=1S/C20H23ClN6.HI/c1-3-22-20(26(2)14-16-9-11-17(21)12-10-16)23-13-19-25-24-15-27(19)18-7-5-4-6-8-18;/h4-12,15H,3,13-14H2,1-2H3,(H,22,23);1H. The van der Waals surface area contributed by atoms with Crippen LogP contribution >= 0.6 is 35.6 Å². The van der Waals surface area contributed by atoms with E-state index in [1.165, 1.54) is 5.56 Å². The molecule has 3 rings (SSSR count). The molecular weight excluding hydrogens is 487 g/mol. The molecule has 0 unspecified atom stereocenters. The molecule has 148 valence electrons. The predicted molar refractivity (Wildman–Crippen MR) is 125 cm³/mol. The third kappa shape index (κ3) is 5.93. The molecule has 8 heteroatoms. The van der Waals surface area contributed by atoms with Gasteiger partial charge < -0.3 is 10.2 Å². The summed E-state index contributed by atoms with van der Waals surface area (Å²) in [6.07, 6.45) is 1.71. The van der Waals surface area contributed by atoms with E-state index in [0.29, 0.717) is 6.54 Å². The van der Waals surface area contributed by atoms with Crippen LogP contribution in [-0.2, 0) is 13.1 Å². The van der Waals surface area contributed by atoms with Gasteiger partial charge in [-0.3, -0.25) is 4.57 Å². The van der Waals surface area contributed by atoms with E-state index in [4.69, 9.17) is 16.6 Å². The van der Waals surface area contributed by atoms with Crippen LogP contribution in [0, 0.1) is 0 Å². The molecule has 28 heavy (non-hydrogen) atoms. The largest absolute Gasteiger partial charge is 0.357 e. The number of aliphatic imine (C=N–C) groups is 1. The number of hydrogen-bond acceptors (Lipinski definition) is 3. The number of benzene rings is 2. The van der Waals surface area contributed by atoms with Crippen molar-refractivity contribution in [1.29, 1.82) is 0 Å². The number of nitrogens with zero attached hydrogens (tertiary/aromatic N) is 5. The highest BCUT2D eigenvalue weighted by molar-refractivity contribution is 14.0. The molecular formula is C20H24ClIN6. The molecule has 0 aliphatic rings. The lowest BCUT2D eigenvalue weighted by Gasteiger charge is -2.22. The quantitative estimate of drug-likeness (QED) is 0.308. The van der Waals surface area contributed by atoms with Gasteiger partial charge in [-0.05, 0) is 36.8 Å². The highest BCUT2D eigenvalue weighted by Crippen LogP contribution is 2.12. The fraction of sp³-hybridized carbons (Fsp3) is 0.250. The lowest BCUT2D eigenvalue weighted by molar-refractivity contribution is 0.476. The molecule has 0 saturated carbocycles. The highest BCUT2D eigenvalue weighted by Gasteiger charge is 2.09. The van der Waals surface area contributed by atoms with Crippen LogP contribution in [0.4, 0.5) is 0 Å². The van der Waals surface area contributed by atoms with Crippen molar-refractivity contribution in [2.45, 2.75) is 20.0 Å². The van der Waals surface area contributed by atoms with Gasteiger partial charge in [0.15, 0.2) is 11.8 Å². The maximum Gasteiger partial charge on any atom is 0.194 e. The number of aromatic nitrogens is 3. The molecule has 0 spiro atoms. The summed E-state index contributed by atoms with van der Waals surface area (Å²) in [7, 11) is 2.01. The minimum Gasteiger partial charge on any atom is -0.357 e. The van der Waals surface area contributed by atoms with Crippen LogP contribution in [0.1, 0.15) is 18.3 Å². The van der Waals surface area contributed by atoms with Crippen molar-refractivity contribution in [1.82, 2.24) is 25.0 Å². The maximum absolute atomic E-state index is 5.97. The number of nitrogens with one attached hydrogen (secondary N) is 1. The average molecular weight is 511 g/mol. The molecule has 0 atom stereocenters. The van der Waals surface area contributed by atoms with Crippen LogP contribution in [0.25, 0.3) is 5.69 Å². The van der Waals surface area contributed by atoms with Gasteiger partial charge in [0, 0.05) is 30.8 Å². The van der Waals surface area contributed by atoms with Crippen molar-refractivity contribution in [3.05, 3.63) is 77.3 Å². The molecule has 2 aromatic carbocycles. The van der Waals surface area contributed by atoms with Gasteiger partial charge in [0.1, 0.15) is 12.9 Å². The lowest BCUT2D eigenvalue weighted by atomic mass is 10.2. The minimum absolute atomic E-state index is 0. The highest BCUT2D eigenvalue weighted by atomic mass is 127. The van der Waals surface area contributed by atoms with Gasteiger partial charge in [-0.15, -0.1) is 34.2 Å².